The molecule has 0 aliphatic rings. The summed E-state index contributed by atoms with van der Waals surface area (Å²) in [5, 5.41) is 2.70. The van der Waals surface area contributed by atoms with Crippen LogP contribution in [0.1, 0.15) is 13.8 Å². The van der Waals surface area contributed by atoms with Gasteiger partial charge in [0.1, 0.15) is 6.61 Å². The standard InChI is InChI=1S/C9H20N2O3/c1-9(2,13-3)7-11-8(12)6-14-5-4-10/h4-7,10H2,1-3H3,(H,11,12). The summed E-state index contributed by atoms with van der Waals surface area (Å²) in [5.74, 6) is -0.149. The van der Waals surface area contributed by atoms with Gasteiger partial charge in [0.05, 0.1) is 12.2 Å². The number of hydrogen-bond acceptors (Lipinski definition) is 4. The fourth-order valence-corrected chi connectivity index (χ4v) is 0.683. The van der Waals surface area contributed by atoms with E-state index in [4.69, 9.17) is 15.2 Å². The maximum absolute atomic E-state index is 11.1. The van der Waals surface area contributed by atoms with E-state index in [-0.39, 0.29) is 18.1 Å². The molecule has 5 heteroatoms. The zero-order chi connectivity index (χ0) is 11.0. The van der Waals surface area contributed by atoms with Crippen LogP contribution >= 0.6 is 0 Å². The Hall–Kier alpha value is -0.650. The van der Waals surface area contributed by atoms with Crippen molar-refractivity contribution in [2.45, 2.75) is 19.4 Å². The lowest BCUT2D eigenvalue weighted by molar-refractivity contribution is -0.126. The van der Waals surface area contributed by atoms with Gasteiger partial charge in [0, 0.05) is 20.2 Å². The van der Waals surface area contributed by atoms with Crippen molar-refractivity contribution in [1.29, 1.82) is 0 Å². The molecule has 0 spiro atoms. The number of methoxy groups -OCH3 is 1. The summed E-state index contributed by atoms with van der Waals surface area (Å²) in [6.07, 6.45) is 0. The van der Waals surface area contributed by atoms with Crippen LogP contribution in [0, 0.1) is 0 Å². The second kappa shape index (κ2) is 6.75. The summed E-state index contributed by atoms with van der Waals surface area (Å²) < 4.78 is 10.1. The molecule has 84 valence electrons. The van der Waals surface area contributed by atoms with E-state index in [0.29, 0.717) is 19.7 Å². The van der Waals surface area contributed by atoms with Crippen LogP contribution in [0.25, 0.3) is 0 Å². The lowest BCUT2D eigenvalue weighted by Gasteiger charge is -2.22. The predicted octanol–water partition coefficient (Wildman–Crippen LogP) is -0.497. The van der Waals surface area contributed by atoms with Crippen molar-refractivity contribution in [2.24, 2.45) is 5.73 Å². The third-order valence-corrected chi connectivity index (χ3v) is 1.76. The van der Waals surface area contributed by atoms with Crippen molar-refractivity contribution in [3.63, 3.8) is 0 Å². The van der Waals surface area contributed by atoms with E-state index in [0.717, 1.165) is 0 Å². The van der Waals surface area contributed by atoms with Crippen molar-refractivity contribution < 1.29 is 14.3 Å². The van der Waals surface area contributed by atoms with Gasteiger partial charge < -0.3 is 20.5 Å². The largest absolute Gasteiger partial charge is 0.377 e. The molecule has 0 aromatic heterocycles. The van der Waals surface area contributed by atoms with Crippen molar-refractivity contribution in [3.8, 4) is 0 Å². The molecule has 0 aliphatic carbocycles. The topological polar surface area (TPSA) is 73.6 Å². The molecule has 0 bridgehead atoms. The average molecular weight is 204 g/mol. The summed E-state index contributed by atoms with van der Waals surface area (Å²) in [6, 6.07) is 0. The molecule has 0 rings (SSSR count). The molecule has 0 aromatic rings. The Morgan fingerprint density at radius 2 is 2.14 bits per heavy atom. The Balaban J connectivity index is 3.53. The van der Waals surface area contributed by atoms with Crippen LogP contribution in [-0.4, -0.2) is 44.9 Å². The lowest BCUT2D eigenvalue weighted by atomic mass is 10.1. The molecule has 0 unspecified atom stereocenters. The molecule has 5 nitrogen and oxygen atoms in total. The molecule has 0 aromatic carbocycles. The first-order valence-electron chi connectivity index (χ1n) is 4.61. The highest BCUT2D eigenvalue weighted by atomic mass is 16.5. The van der Waals surface area contributed by atoms with Crippen LogP contribution in [-0.2, 0) is 14.3 Å². The summed E-state index contributed by atoms with van der Waals surface area (Å²) in [4.78, 5) is 11.1. The second-order valence-corrected chi connectivity index (χ2v) is 3.58. The molecule has 0 saturated heterocycles. The van der Waals surface area contributed by atoms with Gasteiger partial charge in [-0.15, -0.1) is 0 Å². The first kappa shape index (κ1) is 13.4. The smallest absolute Gasteiger partial charge is 0.246 e. The van der Waals surface area contributed by atoms with Crippen LogP contribution < -0.4 is 11.1 Å². The SMILES string of the molecule is COC(C)(C)CNC(=O)COCCN. The molecule has 0 radical (unpaired) electrons. The third-order valence-electron chi connectivity index (χ3n) is 1.76. The Labute approximate surface area is 84.9 Å². The van der Waals surface area contributed by atoms with Gasteiger partial charge in [-0.2, -0.15) is 0 Å². The van der Waals surface area contributed by atoms with Gasteiger partial charge >= 0.3 is 0 Å². The number of carbonyl (C=O) groups is 1. The van der Waals surface area contributed by atoms with Crippen molar-refractivity contribution >= 4 is 5.91 Å². The molecular formula is C9H20N2O3. The number of nitrogens with one attached hydrogen (secondary N) is 1. The summed E-state index contributed by atoms with van der Waals surface area (Å²) in [6.45, 7) is 5.14. The van der Waals surface area contributed by atoms with Crippen molar-refractivity contribution in [3.05, 3.63) is 0 Å². The maximum Gasteiger partial charge on any atom is 0.246 e. The van der Waals surface area contributed by atoms with Gasteiger partial charge in [0.25, 0.3) is 0 Å². The Kier molecular flexibility index (Phi) is 6.44. The van der Waals surface area contributed by atoms with E-state index >= 15 is 0 Å². The first-order valence-corrected chi connectivity index (χ1v) is 4.61. The predicted molar refractivity (Wildman–Crippen MR) is 54.0 cm³/mol. The van der Waals surface area contributed by atoms with E-state index in [1.165, 1.54) is 0 Å². The Bertz CT molecular complexity index is 171. The van der Waals surface area contributed by atoms with E-state index < -0.39 is 0 Å². The highest BCUT2D eigenvalue weighted by Crippen LogP contribution is 2.04. The lowest BCUT2D eigenvalue weighted by Crippen LogP contribution is -2.41. The normalized spacial score (nSPS) is 11.4. The molecule has 3 N–H and O–H groups in total. The van der Waals surface area contributed by atoms with Crippen LogP contribution in [0.2, 0.25) is 0 Å². The first-order chi connectivity index (χ1) is 6.52. The highest BCUT2D eigenvalue weighted by molar-refractivity contribution is 5.77. The zero-order valence-electron chi connectivity index (χ0n) is 9.13. The molecule has 0 atom stereocenters. The highest BCUT2D eigenvalue weighted by Gasteiger charge is 2.16. The van der Waals surface area contributed by atoms with Gasteiger partial charge in [-0.3, -0.25) is 4.79 Å². The molecular weight excluding hydrogens is 184 g/mol. The Morgan fingerprint density at radius 3 is 2.64 bits per heavy atom. The van der Waals surface area contributed by atoms with Gasteiger partial charge in [0.2, 0.25) is 5.91 Å². The average Bonchev–Trinajstić information content (AvgIpc) is 2.16. The molecule has 1 amide bonds. The molecule has 14 heavy (non-hydrogen) atoms. The van der Waals surface area contributed by atoms with E-state index in [9.17, 15) is 4.79 Å². The molecule has 0 heterocycles. The van der Waals surface area contributed by atoms with Gasteiger partial charge in [-0.05, 0) is 13.8 Å². The minimum absolute atomic E-state index is 0.0526. The van der Waals surface area contributed by atoms with Gasteiger partial charge in [-0.25, -0.2) is 0 Å². The van der Waals surface area contributed by atoms with Gasteiger partial charge in [0.15, 0.2) is 0 Å². The zero-order valence-corrected chi connectivity index (χ0v) is 9.13. The number of hydrogen-bond donors (Lipinski definition) is 2. The fraction of sp³-hybridized carbons (Fsp3) is 0.889. The number of ether oxygens (including phenoxy) is 2. The van der Waals surface area contributed by atoms with Gasteiger partial charge in [-0.1, -0.05) is 0 Å². The van der Waals surface area contributed by atoms with Crippen LogP contribution in [0.5, 0.6) is 0 Å². The molecule has 0 fully saturated rings. The molecule has 0 saturated carbocycles. The third kappa shape index (κ3) is 6.82. The second-order valence-electron chi connectivity index (χ2n) is 3.58. The van der Waals surface area contributed by atoms with Crippen molar-refractivity contribution in [2.75, 3.05) is 33.4 Å². The summed E-state index contributed by atoms with van der Waals surface area (Å²) >= 11 is 0. The maximum atomic E-state index is 11.1. The summed E-state index contributed by atoms with van der Waals surface area (Å²) in [7, 11) is 1.61. The minimum Gasteiger partial charge on any atom is -0.377 e. The van der Waals surface area contributed by atoms with E-state index in [2.05, 4.69) is 5.32 Å². The minimum atomic E-state index is -0.344. The van der Waals surface area contributed by atoms with E-state index in [1.807, 2.05) is 13.8 Å². The Morgan fingerprint density at radius 1 is 1.50 bits per heavy atom. The van der Waals surface area contributed by atoms with E-state index in [1.54, 1.807) is 7.11 Å². The number of nitrogens with two attached hydrogens (primary N) is 1. The number of rotatable bonds is 7. The fourth-order valence-electron chi connectivity index (χ4n) is 0.683. The molecule has 0 aliphatic heterocycles. The number of carbonyl (C=O) groups excluding carboxylic acids is 1. The van der Waals surface area contributed by atoms with Crippen molar-refractivity contribution in [1.82, 2.24) is 5.32 Å². The van der Waals surface area contributed by atoms with Crippen LogP contribution in [0.4, 0.5) is 0 Å². The van der Waals surface area contributed by atoms with Crippen LogP contribution in [0.15, 0.2) is 0 Å². The number of amides is 1. The summed E-state index contributed by atoms with van der Waals surface area (Å²) in [5.41, 5.74) is 4.86. The van der Waals surface area contributed by atoms with Crippen LogP contribution in [0.3, 0.4) is 0 Å². The monoisotopic (exact) mass is 204 g/mol. The quantitative estimate of drug-likeness (QED) is 0.548.